The summed E-state index contributed by atoms with van der Waals surface area (Å²) in [4.78, 5) is 24.6. The first-order chi connectivity index (χ1) is 16.0. The van der Waals surface area contributed by atoms with Crippen LogP contribution in [-0.4, -0.2) is 48.5 Å². The van der Waals surface area contributed by atoms with Gasteiger partial charge in [0.15, 0.2) is 10.9 Å². The molecule has 1 unspecified atom stereocenters. The normalized spacial score (nSPS) is 12.2. The van der Waals surface area contributed by atoms with E-state index in [2.05, 4.69) is 16.8 Å². The van der Waals surface area contributed by atoms with Crippen LogP contribution in [-0.2, 0) is 6.54 Å². The molecule has 2 aromatic heterocycles. The van der Waals surface area contributed by atoms with Crippen molar-refractivity contribution < 1.29 is 14.6 Å². The van der Waals surface area contributed by atoms with Gasteiger partial charge in [-0.1, -0.05) is 36.9 Å². The number of nitrogens with zero attached hydrogens (tertiary/aromatic N) is 4. The summed E-state index contributed by atoms with van der Waals surface area (Å²) in [6.45, 7) is 5.95. The Labute approximate surface area is 194 Å². The molecule has 33 heavy (non-hydrogen) atoms. The number of hydrogen-bond acceptors (Lipinski definition) is 7. The maximum Gasteiger partial charge on any atom is 0.263 e. The number of carbonyl (C=O) groups is 1. The van der Waals surface area contributed by atoms with Gasteiger partial charge in [-0.15, -0.1) is 16.8 Å². The minimum absolute atomic E-state index is 0.0737. The molecule has 4 aromatic rings. The maximum atomic E-state index is 12.9. The van der Waals surface area contributed by atoms with Crippen molar-refractivity contribution in [2.75, 3.05) is 12.4 Å². The summed E-state index contributed by atoms with van der Waals surface area (Å²) in [6, 6.07) is 14.2. The highest BCUT2D eigenvalue weighted by Crippen LogP contribution is 2.22. The molecule has 170 valence electrons. The Bertz CT molecular complexity index is 1360. The second-order valence-electron chi connectivity index (χ2n) is 7.42. The first-order valence-electron chi connectivity index (χ1n) is 10.6. The van der Waals surface area contributed by atoms with Crippen molar-refractivity contribution in [3.63, 3.8) is 0 Å². The molecule has 0 aliphatic rings. The van der Waals surface area contributed by atoms with Crippen LogP contribution in [0.25, 0.3) is 16.7 Å². The number of rotatable bonds is 10. The van der Waals surface area contributed by atoms with E-state index in [9.17, 15) is 14.7 Å². The van der Waals surface area contributed by atoms with Crippen LogP contribution in [0, 0.1) is 0 Å². The zero-order chi connectivity index (χ0) is 23.4. The van der Waals surface area contributed by atoms with E-state index in [-0.39, 0.29) is 17.9 Å². The molecule has 2 aromatic carbocycles. The number of Topliss-reactive ketones (excluding diaryl/α,β-unsaturated/α-hetero) is 1. The van der Waals surface area contributed by atoms with Gasteiger partial charge in [-0.2, -0.15) is 0 Å². The van der Waals surface area contributed by atoms with Crippen molar-refractivity contribution in [2.24, 2.45) is 0 Å². The quantitative estimate of drug-likeness (QED) is 0.218. The zero-order valence-corrected chi connectivity index (χ0v) is 19.0. The minimum atomic E-state index is -0.760. The van der Waals surface area contributed by atoms with Crippen LogP contribution in [0.15, 0.2) is 71.1 Å². The summed E-state index contributed by atoms with van der Waals surface area (Å²) in [6.07, 6.45) is 1.33. The van der Waals surface area contributed by atoms with Crippen molar-refractivity contribution in [1.29, 1.82) is 0 Å². The SMILES string of the molecule is C=CCn1c(=O)c2ccccc2n2c(SCC(O)COc3ccc(C(=O)CC)cc3)nnc12. The van der Waals surface area contributed by atoms with Crippen molar-refractivity contribution in [2.45, 2.75) is 31.1 Å². The highest BCUT2D eigenvalue weighted by molar-refractivity contribution is 7.99. The molecule has 1 atom stereocenters. The molecule has 9 heteroatoms. The number of carbonyl (C=O) groups excluding carboxylic acids is 1. The minimum Gasteiger partial charge on any atom is -0.491 e. The van der Waals surface area contributed by atoms with Crippen LogP contribution in [0.2, 0.25) is 0 Å². The van der Waals surface area contributed by atoms with E-state index in [4.69, 9.17) is 4.74 Å². The van der Waals surface area contributed by atoms with Crippen LogP contribution in [0.4, 0.5) is 0 Å². The summed E-state index contributed by atoms with van der Waals surface area (Å²) >= 11 is 1.33. The molecule has 0 amide bonds. The number of fused-ring (bicyclic) bond motifs is 3. The lowest BCUT2D eigenvalue weighted by Gasteiger charge is -2.13. The van der Waals surface area contributed by atoms with Crippen LogP contribution >= 0.6 is 11.8 Å². The average molecular weight is 465 g/mol. The molecular weight excluding hydrogens is 440 g/mol. The van der Waals surface area contributed by atoms with Gasteiger partial charge in [0.25, 0.3) is 5.56 Å². The molecule has 0 aliphatic carbocycles. The standard InChI is InChI=1S/C24H24N4O4S/c1-3-13-27-22(31)19-7-5-6-8-20(19)28-23(27)25-26-24(28)33-15-17(29)14-32-18-11-9-16(10-12-18)21(30)4-2/h3,5-12,17,29H,1,4,13-15H2,2H3. The van der Waals surface area contributed by atoms with E-state index < -0.39 is 6.10 Å². The Hall–Kier alpha value is -3.43. The molecule has 2 heterocycles. The Morgan fingerprint density at radius 2 is 1.97 bits per heavy atom. The van der Waals surface area contributed by atoms with Crippen LogP contribution in [0.3, 0.4) is 0 Å². The third kappa shape index (κ3) is 4.69. The number of aromatic nitrogens is 4. The second-order valence-corrected chi connectivity index (χ2v) is 8.40. The first kappa shape index (κ1) is 22.8. The number of aliphatic hydroxyl groups is 1. The summed E-state index contributed by atoms with van der Waals surface area (Å²) in [5, 5.41) is 20.0. The summed E-state index contributed by atoms with van der Waals surface area (Å²) in [5.41, 5.74) is 1.20. The van der Waals surface area contributed by atoms with E-state index in [1.54, 1.807) is 36.4 Å². The molecule has 0 saturated carbocycles. The van der Waals surface area contributed by atoms with Crippen molar-refractivity contribution in [3.05, 3.63) is 77.1 Å². The van der Waals surface area contributed by atoms with Crippen LogP contribution in [0.1, 0.15) is 23.7 Å². The molecule has 0 bridgehead atoms. The lowest BCUT2D eigenvalue weighted by molar-refractivity contribution is 0.0987. The van der Waals surface area contributed by atoms with Gasteiger partial charge in [0.2, 0.25) is 5.78 Å². The Kier molecular flexibility index (Phi) is 6.90. The topological polar surface area (TPSA) is 98.7 Å². The number of thioether (sulfide) groups is 1. The van der Waals surface area contributed by atoms with Crippen molar-refractivity contribution in [3.8, 4) is 5.75 Å². The molecule has 0 aliphatic heterocycles. The number of ketones is 1. The lowest BCUT2D eigenvalue weighted by Crippen LogP contribution is -2.23. The maximum absolute atomic E-state index is 12.9. The third-order valence-electron chi connectivity index (χ3n) is 5.13. The van der Waals surface area contributed by atoms with Crippen LogP contribution in [0.5, 0.6) is 5.75 Å². The predicted octanol–water partition coefficient (Wildman–Crippen LogP) is 3.35. The highest BCUT2D eigenvalue weighted by Gasteiger charge is 2.17. The van der Waals surface area contributed by atoms with Gasteiger partial charge in [-0.25, -0.2) is 0 Å². The Morgan fingerprint density at radius 3 is 2.70 bits per heavy atom. The fourth-order valence-corrected chi connectivity index (χ4v) is 4.32. The molecule has 8 nitrogen and oxygen atoms in total. The molecule has 0 saturated heterocycles. The van der Waals surface area contributed by atoms with Gasteiger partial charge in [0.05, 0.1) is 17.0 Å². The lowest BCUT2D eigenvalue weighted by atomic mass is 10.1. The van der Waals surface area contributed by atoms with Gasteiger partial charge >= 0.3 is 0 Å². The number of aliphatic hydroxyl groups excluding tert-OH is 1. The number of para-hydroxylation sites is 1. The molecule has 1 N–H and O–H groups in total. The number of hydrogen-bond donors (Lipinski definition) is 1. The molecule has 4 rings (SSSR count). The fourth-order valence-electron chi connectivity index (χ4n) is 3.47. The summed E-state index contributed by atoms with van der Waals surface area (Å²) < 4.78 is 9.00. The molecule has 0 spiro atoms. The van der Waals surface area contributed by atoms with Crippen molar-refractivity contribution >= 4 is 34.2 Å². The average Bonchev–Trinajstić information content (AvgIpc) is 3.28. The van der Waals surface area contributed by atoms with E-state index in [0.29, 0.717) is 51.9 Å². The van der Waals surface area contributed by atoms with Gasteiger partial charge < -0.3 is 9.84 Å². The highest BCUT2D eigenvalue weighted by atomic mass is 32.2. The first-order valence-corrected chi connectivity index (χ1v) is 11.6. The van der Waals surface area contributed by atoms with E-state index in [1.165, 1.54) is 16.3 Å². The van der Waals surface area contributed by atoms with E-state index in [1.807, 2.05) is 29.5 Å². The second kappa shape index (κ2) is 10.0. The van der Waals surface area contributed by atoms with Crippen molar-refractivity contribution in [1.82, 2.24) is 19.2 Å². The molecule has 0 radical (unpaired) electrons. The molecule has 0 fully saturated rings. The van der Waals surface area contributed by atoms with Gasteiger partial charge in [0, 0.05) is 24.3 Å². The Morgan fingerprint density at radius 1 is 1.21 bits per heavy atom. The summed E-state index contributed by atoms with van der Waals surface area (Å²) in [7, 11) is 0. The summed E-state index contributed by atoms with van der Waals surface area (Å²) in [5.74, 6) is 1.40. The van der Waals surface area contributed by atoms with Crippen LogP contribution < -0.4 is 10.3 Å². The smallest absolute Gasteiger partial charge is 0.263 e. The number of ether oxygens (including phenoxy) is 1. The predicted molar refractivity (Wildman–Crippen MR) is 128 cm³/mol. The zero-order valence-electron chi connectivity index (χ0n) is 18.2. The van der Waals surface area contributed by atoms with Gasteiger partial charge in [-0.3, -0.25) is 18.6 Å². The molecular formula is C24H24N4O4S. The fraction of sp³-hybridized carbons (Fsp3) is 0.250. The van der Waals surface area contributed by atoms with Gasteiger partial charge in [-0.05, 0) is 36.4 Å². The van der Waals surface area contributed by atoms with E-state index in [0.717, 1.165) is 0 Å². The monoisotopic (exact) mass is 464 g/mol. The Balaban J connectivity index is 1.49. The van der Waals surface area contributed by atoms with E-state index >= 15 is 0 Å². The van der Waals surface area contributed by atoms with Gasteiger partial charge in [0.1, 0.15) is 12.4 Å². The largest absolute Gasteiger partial charge is 0.491 e. The third-order valence-corrected chi connectivity index (χ3v) is 6.21. The number of benzene rings is 2. The number of allylic oxidation sites excluding steroid dienone is 1.